The summed E-state index contributed by atoms with van der Waals surface area (Å²) >= 11 is 3.30. The number of aromatic nitrogens is 2. The van der Waals surface area contributed by atoms with Gasteiger partial charge in [0.2, 0.25) is 0 Å². The van der Waals surface area contributed by atoms with Crippen molar-refractivity contribution in [3.63, 3.8) is 0 Å². The largest absolute Gasteiger partial charge is 0.353 e. The molecule has 0 bridgehead atoms. The van der Waals surface area contributed by atoms with Crippen molar-refractivity contribution in [3.8, 4) is 0 Å². The molecule has 0 aliphatic carbocycles. The van der Waals surface area contributed by atoms with E-state index in [9.17, 15) is 0 Å². The third-order valence-corrected chi connectivity index (χ3v) is 2.80. The fraction of sp³-hybridized carbons (Fsp3) is 0.700. The summed E-state index contributed by atoms with van der Waals surface area (Å²) in [4.78, 5) is 4.07. The smallest absolute Gasteiger partial charge is 0.157 e. The van der Waals surface area contributed by atoms with Crippen molar-refractivity contribution in [2.45, 2.75) is 32.1 Å². The van der Waals surface area contributed by atoms with Crippen LogP contribution in [0.15, 0.2) is 17.1 Å². The molecule has 5 heteroatoms. The standard InChI is InChI=1S/C10H15BrN2O2/c11-9-7-13(8-12-9)4-6-15-10-3-1-2-5-14-10/h7-8,10H,1-6H2/t10-/m0/s1. The van der Waals surface area contributed by atoms with E-state index in [-0.39, 0.29) is 6.29 Å². The summed E-state index contributed by atoms with van der Waals surface area (Å²) in [6, 6.07) is 0. The lowest BCUT2D eigenvalue weighted by Gasteiger charge is -2.22. The minimum absolute atomic E-state index is 0.00529. The summed E-state index contributed by atoms with van der Waals surface area (Å²) in [7, 11) is 0. The Hall–Kier alpha value is -0.390. The summed E-state index contributed by atoms with van der Waals surface area (Å²) < 4.78 is 13.9. The number of imidazole rings is 1. The van der Waals surface area contributed by atoms with E-state index >= 15 is 0 Å². The summed E-state index contributed by atoms with van der Waals surface area (Å²) in [5.41, 5.74) is 0. The number of hydrogen-bond donors (Lipinski definition) is 0. The van der Waals surface area contributed by atoms with Gasteiger partial charge in [0.05, 0.1) is 12.9 Å². The van der Waals surface area contributed by atoms with E-state index in [2.05, 4.69) is 20.9 Å². The van der Waals surface area contributed by atoms with Gasteiger partial charge in [0.25, 0.3) is 0 Å². The minimum Gasteiger partial charge on any atom is -0.353 e. The van der Waals surface area contributed by atoms with E-state index in [4.69, 9.17) is 9.47 Å². The zero-order chi connectivity index (χ0) is 10.5. The van der Waals surface area contributed by atoms with Gasteiger partial charge in [-0.25, -0.2) is 4.98 Å². The van der Waals surface area contributed by atoms with Crippen LogP contribution in [0.4, 0.5) is 0 Å². The highest BCUT2D eigenvalue weighted by Gasteiger charge is 2.13. The van der Waals surface area contributed by atoms with Gasteiger partial charge in [-0.2, -0.15) is 0 Å². The maximum atomic E-state index is 5.61. The molecular formula is C10H15BrN2O2. The summed E-state index contributed by atoms with van der Waals surface area (Å²) in [6.45, 7) is 2.33. The van der Waals surface area contributed by atoms with Crippen molar-refractivity contribution in [3.05, 3.63) is 17.1 Å². The van der Waals surface area contributed by atoms with Crippen LogP contribution in [0.2, 0.25) is 0 Å². The zero-order valence-corrected chi connectivity index (χ0v) is 10.1. The predicted octanol–water partition coefficient (Wildman–Crippen LogP) is 2.19. The molecule has 0 saturated carbocycles. The first-order valence-electron chi connectivity index (χ1n) is 5.25. The van der Waals surface area contributed by atoms with Gasteiger partial charge in [-0.3, -0.25) is 0 Å². The minimum atomic E-state index is 0.00529. The lowest BCUT2D eigenvalue weighted by atomic mass is 10.2. The first kappa shape index (κ1) is 11.1. The highest BCUT2D eigenvalue weighted by atomic mass is 79.9. The third kappa shape index (κ3) is 3.59. The summed E-state index contributed by atoms with van der Waals surface area (Å²) in [5, 5.41) is 0. The topological polar surface area (TPSA) is 36.3 Å². The SMILES string of the molecule is Brc1cn(CCO[C@H]2CCCCO2)cn1. The first-order chi connectivity index (χ1) is 7.34. The van der Waals surface area contributed by atoms with Gasteiger partial charge in [0.15, 0.2) is 6.29 Å². The molecule has 2 rings (SSSR count). The number of hydrogen-bond acceptors (Lipinski definition) is 3. The third-order valence-electron chi connectivity index (χ3n) is 2.39. The van der Waals surface area contributed by atoms with Crippen molar-refractivity contribution in [2.24, 2.45) is 0 Å². The van der Waals surface area contributed by atoms with E-state index in [1.54, 1.807) is 6.33 Å². The van der Waals surface area contributed by atoms with Crippen molar-refractivity contribution in [1.82, 2.24) is 9.55 Å². The Morgan fingerprint density at radius 2 is 2.53 bits per heavy atom. The Balaban J connectivity index is 1.65. The molecule has 1 aliphatic heterocycles. The Bertz CT molecular complexity index is 297. The maximum absolute atomic E-state index is 5.61. The van der Waals surface area contributed by atoms with Crippen LogP contribution in [0.25, 0.3) is 0 Å². The van der Waals surface area contributed by atoms with E-state index in [0.717, 1.165) is 30.6 Å². The second-order valence-corrected chi connectivity index (χ2v) is 4.41. The Labute approximate surface area is 97.7 Å². The quantitative estimate of drug-likeness (QED) is 0.845. The van der Waals surface area contributed by atoms with E-state index in [0.29, 0.717) is 6.61 Å². The van der Waals surface area contributed by atoms with Crippen LogP contribution in [0.1, 0.15) is 19.3 Å². The molecule has 0 radical (unpaired) electrons. The molecule has 84 valence electrons. The Morgan fingerprint density at radius 3 is 3.20 bits per heavy atom. The van der Waals surface area contributed by atoms with Gasteiger partial charge in [-0.1, -0.05) is 0 Å². The van der Waals surface area contributed by atoms with E-state index in [1.807, 2.05) is 10.8 Å². The number of ether oxygens (including phenoxy) is 2. The van der Waals surface area contributed by atoms with Crippen LogP contribution in [0.3, 0.4) is 0 Å². The maximum Gasteiger partial charge on any atom is 0.157 e. The molecule has 1 fully saturated rings. The second-order valence-electron chi connectivity index (χ2n) is 3.60. The molecule has 15 heavy (non-hydrogen) atoms. The summed E-state index contributed by atoms with van der Waals surface area (Å²) in [6.07, 6.45) is 7.12. The highest BCUT2D eigenvalue weighted by molar-refractivity contribution is 9.10. The molecule has 0 spiro atoms. The van der Waals surface area contributed by atoms with Gasteiger partial charge in [-0.05, 0) is 35.2 Å². The van der Waals surface area contributed by atoms with Gasteiger partial charge in [-0.15, -0.1) is 0 Å². The molecule has 1 atom stereocenters. The van der Waals surface area contributed by atoms with Crippen molar-refractivity contribution >= 4 is 15.9 Å². The normalized spacial score (nSPS) is 21.8. The molecule has 0 unspecified atom stereocenters. The molecule has 0 amide bonds. The fourth-order valence-electron chi connectivity index (χ4n) is 1.59. The molecule has 1 aromatic rings. The Kier molecular flexibility index (Phi) is 4.17. The van der Waals surface area contributed by atoms with Crippen molar-refractivity contribution < 1.29 is 9.47 Å². The molecule has 2 heterocycles. The average Bonchev–Trinajstić information content (AvgIpc) is 2.66. The van der Waals surface area contributed by atoms with Crippen LogP contribution in [0.5, 0.6) is 0 Å². The fourth-order valence-corrected chi connectivity index (χ4v) is 1.94. The van der Waals surface area contributed by atoms with Crippen molar-refractivity contribution in [1.29, 1.82) is 0 Å². The van der Waals surface area contributed by atoms with Crippen LogP contribution >= 0.6 is 15.9 Å². The number of halogens is 1. The molecule has 1 saturated heterocycles. The van der Waals surface area contributed by atoms with Crippen LogP contribution in [0, 0.1) is 0 Å². The zero-order valence-electron chi connectivity index (χ0n) is 8.56. The van der Waals surface area contributed by atoms with E-state index < -0.39 is 0 Å². The van der Waals surface area contributed by atoms with Gasteiger partial charge < -0.3 is 14.0 Å². The molecule has 0 N–H and O–H groups in total. The lowest BCUT2D eigenvalue weighted by Crippen LogP contribution is -2.23. The molecule has 1 aromatic heterocycles. The van der Waals surface area contributed by atoms with E-state index in [1.165, 1.54) is 6.42 Å². The average molecular weight is 275 g/mol. The van der Waals surface area contributed by atoms with Gasteiger partial charge in [0, 0.05) is 19.3 Å². The molecule has 0 aromatic carbocycles. The second kappa shape index (κ2) is 5.63. The predicted molar refractivity (Wildman–Crippen MR) is 59.5 cm³/mol. The molecular weight excluding hydrogens is 260 g/mol. The van der Waals surface area contributed by atoms with Crippen LogP contribution in [-0.4, -0.2) is 29.1 Å². The summed E-state index contributed by atoms with van der Waals surface area (Å²) in [5.74, 6) is 0. The van der Waals surface area contributed by atoms with Gasteiger partial charge in [0.1, 0.15) is 4.60 Å². The van der Waals surface area contributed by atoms with Crippen LogP contribution < -0.4 is 0 Å². The Morgan fingerprint density at radius 1 is 1.60 bits per heavy atom. The molecule has 1 aliphatic rings. The highest BCUT2D eigenvalue weighted by Crippen LogP contribution is 2.13. The lowest BCUT2D eigenvalue weighted by molar-refractivity contribution is -0.163. The van der Waals surface area contributed by atoms with Crippen molar-refractivity contribution in [2.75, 3.05) is 13.2 Å². The monoisotopic (exact) mass is 274 g/mol. The number of nitrogens with zero attached hydrogens (tertiary/aromatic N) is 2. The number of rotatable bonds is 4. The first-order valence-corrected chi connectivity index (χ1v) is 6.04. The van der Waals surface area contributed by atoms with Crippen LogP contribution in [-0.2, 0) is 16.0 Å². The van der Waals surface area contributed by atoms with Gasteiger partial charge >= 0.3 is 0 Å². The molecule has 4 nitrogen and oxygen atoms in total.